The number of benzene rings is 1. The summed E-state index contributed by atoms with van der Waals surface area (Å²) in [5.41, 5.74) is 2.70. The summed E-state index contributed by atoms with van der Waals surface area (Å²) in [5, 5.41) is 7.58. The number of rotatable bonds is 5. The predicted octanol–water partition coefficient (Wildman–Crippen LogP) is 5.18. The van der Waals surface area contributed by atoms with E-state index >= 15 is 0 Å². The number of aryl methyl sites for hydroxylation is 1. The Morgan fingerprint density at radius 1 is 1.17 bits per heavy atom. The summed E-state index contributed by atoms with van der Waals surface area (Å²) >= 11 is 6.07. The van der Waals surface area contributed by atoms with E-state index in [9.17, 15) is 14.0 Å². The molecule has 0 radical (unpaired) electrons. The van der Waals surface area contributed by atoms with Gasteiger partial charge < -0.3 is 9.73 Å². The van der Waals surface area contributed by atoms with E-state index in [1.807, 2.05) is 19.9 Å². The molecule has 36 heavy (non-hydrogen) atoms. The molecule has 1 atom stereocenters. The van der Waals surface area contributed by atoms with Gasteiger partial charge in [-0.15, -0.1) is 0 Å². The second-order valence-corrected chi connectivity index (χ2v) is 8.68. The van der Waals surface area contributed by atoms with Crippen LogP contribution in [-0.2, 0) is 0 Å². The minimum atomic E-state index is -0.735. The molecule has 0 spiro atoms. The molecule has 0 amide bonds. The molecule has 11 heteroatoms. The maximum atomic E-state index is 14.5. The largest absolute Gasteiger partial charge is 0.455 e. The average Bonchev–Trinajstić information content (AvgIpc) is 3.29. The fourth-order valence-corrected chi connectivity index (χ4v) is 4.22. The van der Waals surface area contributed by atoms with Gasteiger partial charge in [-0.05, 0) is 56.7 Å². The minimum Gasteiger partial charge on any atom is -0.455 e. The van der Waals surface area contributed by atoms with Crippen LogP contribution in [0.1, 0.15) is 29.7 Å². The van der Waals surface area contributed by atoms with Crippen LogP contribution in [-0.4, -0.2) is 20.1 Å². The lowest BCUT2D eigenvalue weighted by Gasteiger charge is -2.20. The van der Waals surface area contributed by atoms with Crippen molar-refractivity contribution in [2.24, 2.45) is 0 Å². The molecular weight excluding hydrogens is 489 g/mol. The Morgan fingerprint density at radius 3 is 2.69 bits per heavy atom. The summed E-state index contributed by atoms with van der Waals surface area (Å²) in [6.45, 7) is 5.33. The predicted molar refractivity (Wildman–Crippen MR) is 133 cm³/mol. The van der Waals surface area contributed by atoms with E-state index in [1.165, 1.54) is 12.3 Å². The zero-order valence-corrected chi connectivity index (χ0v) is 20.1. The first-order chi connectivity index (χ1) is 17.2. The highest BCUT2D eigenvalue weighted by Gasteiger charge is 2.22. The lowest BCUT2D eigenvalue weighted by Crippen LogP contribution is -2.13. The van der Waals surface area contributed by atoms with Gasteiger partial charge in [0.25, 0.3) is 0 Å². The van der Waals surface area contributed by atoms with Gasteiger partial charge in [-0.2, -0.15) is 4.39 Å². The summed E-state index contributed by atoms with van der Waals surface area (Å²) in [5.74, 6) is -1.25. The van der Waals surface area contributed by atoms with Gasteiger partial charge in [0.05, 0.1) is 22.7 Å². The highest BCUT2D eigenvalue weighted by atomic mass is 35.5. The number of aromatic nitrogens is 4. The molecule has 0 bridgehead atoms. The van der Waals surface area contributed by atoms with Crippen molar-refractivity contribution in [1.82, 2.24) is 20.1 Å². The zero-order chi connectivity index (χ0) is 25.6. The van der Waals surface area contributed by atoms with Crippen molar-refractivity contribution in [3.05, 3.63) is 91.2 Å². The third-order valence-corrected chi connectivity index (χ3v) is 5.97. The molecule has 0 saturated carbocycles. The number of H-pyrrole nitrogens is 1. The van der Waals surface area contributed by atoms with Gasteiger partial charge >= 0.3 is 5.76 Å². The van der Waals surface area contributed by atoms with Crippen LogP contribution in [0.4, 0.5) is 10.1 Å². The molecule has 0 aliphatic carbocycles. The van der Waals surface area contributed by atoms with Gasteiger partial charge in [-0.3, -0.25) is 14.3 Å². The quantitative estimate of drug-likeness (QED) is 0.312. The van der Waals surface area contributed by atoms with Crippen molar-refractivity contribution >= 4 is 28.3 Å². The van der Waals surface area contributed by atoms with Gasteiger partial charge in [-0.1, -0.05) is 22.8 Å². The molecular formula is C25H19ClFN5O4. The Bertz CT molecular complexity index is 1740. The number of nitrogens with one attached hydrogen (secondary N) is 2. The molecule has 0 aliphatic rings. The van der Waals surface area contributed by atoms with E-state index in [2.05, 4.69) is 29.9 Å². The van der Waals surface area contributed by atoms with Crippen molar-refractivity contribution in [3.8, 4) is 22.8 Å². The molecule has 4 aromatic heterocycles. The van der Waals surface area contributed by atoms with Crippen LogP contribution < -0.4 is 16.5 Å². The first kappa shape index (κ1) is 23.4. The monoisotopic (exact) mass is 507 g/mol. The number of halogens is 2. The molecule has 5 aromatic rings. The molecule has 4 heterocycles. The van der Waals surface area contributed by atoms with Crippen molar-refractivity contribution < 1.29 is 13.3 Å². The lowest BCUT2D eigenvalue weighted by molar-refractivity contribution is 0.388. The van der Waals surface area contributed by atoms with E-state index in [1.54, 1.807) is 31.2 Å². The number of anilines is 1. The maximum absolute atomic E-state index is 14.5. The van der Waals surface area contributed by atoms with Crippen LogP contribution in [0.2, 0.25) is 5.15 Å². The van der Waals surface area contributed by atoms with Crippen LogP contribution in [0.25, 0.3) is 33.8 Å². The molecule has 9 nitrogen and oxygen atoms in total. The Kier molecular flexibility index (Phi) is 5.89. The third-order valence-electron chi connectivity index (χ3n) is 5.76. The smallest absolute Gasteiger partial charge is 0.439 e. The van der Waals surface area contributed by atoms with Crippen molar-refractivity contribution in [2.45, 2.75) is 26.8 Å². The second kappa shape index (κ2) is 9.04. The van der Waals surface area contributed by atoms with Crippen LogP contribution in [0, 0.1) is 19.8 Å². The summed E-state index contributed by atoms with van der Waals surface area (Å²) in [7, 11) is 0. The molecule has 1 unspecified atom stereocenters. The zero-order valence-electron chi connectivity index (χ0n) is 19.3. The number of hydrogen-bond donors (Lipinski definition) is 2. The van der Waals surface area contributed by atoms with Gasteiger partial charge in [-0.25, -0.2) is 14.8 Å². The lowest BCUT2D eigenvalue weighted by atomic mass is 9.99. The summed E-state index contributed by atoms with van der Waals surface area (Å²) in [6, 6.07) is 9.55. The topological polar surface area (TPSA) is 127 Å². The second-order valence-electron chi connectivity index (χ2n) is 8.30. The Hall–Kier alpha value is -4.31. The number of fused-ring (bicyclic) bond motifs is 1. The van der Waals surface area contributed by atoms with Crippen LogP contribution in [0.15, 0.2) is 61.1 Å². The van der Waals surface area contributed by atoms with Gasteiger partial charge in [0.2, 0.25) is 11.8 Å². The Labute approximate surface area is 208 Å². The van der Waals surface area contributed by atoms with Crippen LogP contribution in [0.5, 0.6) is 0 Å². The molecule has 2 N–H and O–H groups in total. The van der Waals surface area contributed by atoms with E-state index in [0.717, 1.165) is 5.56 Å². The molecule has 0 saturated heterocycles. The summed E-state index contributed by atoms with van der Waals surface area (Å²) in [4.78, 5) is 35.2. The molecule has 1 aromatic carbocycles. The van der Waals surface area contributed by atoms with E-state index in [4.69, 9.17) is 16.0 Å². The van der Waals surface area contributed by atoms with Gasteiger partial charge in [0.1, 0.15) is 22.2 Å². The van der Waals surface area contributed by atoms with Crippen molar-refractivity contribution in [3.63, 3.8) is 0 Å². The van der Waals surface area contributed by atoms with Gasteiger partial charge in [0, 0.05) is 17.3 Å². The summed E-state index contributed by atoms with van der Waals surface area (Å²) in [6.07, 6.45) is 1.33. The first-order valence-corrected chi connectivity index (χ1v) is 11.3. The SMILES string of the molecule is Cc1cc(C(C)Nc2ccc(Cl)nc2-c2noc(=O)[nH]2)c2oc(-c3cccnc3F)c(C)c(=O)c2c1. The van der Waals surface area contributed by atoms with Crippen LogP contribution >= 0.6 is 11.6 Å². The standard InChI is InChI=1S/C25H19ClFN5O4/c1-11-9-15(13(3)29-17-6-7-18(26)30-19(17)24-31-25(34)36-32-24)22-16(10-11)20(33)12(2)21(35-22)14-5-4-8-28-23(14)27/h4-10,13,29H,1-3H3,(H,31,32,34). The number of aromatic amines is 1. The van der Waals surface area contributed by atoms with Crippen molar-refractivity contribution in [1.29, 1.82) is 0 Å². The molecule has 0 fully saturated rings. The number of nitrogens with zero attached hydrogens (tertiary/aromatic N) is 3. The van der Waals surface area contributed by atoms with E-state index in [-0.39, 0.29) is 39.0 Å². The average molecular weight is 508 g/mol. The Balaban J connectivity index is 1.66. The summed E-state index contributed by atoms with van der Waals surface area (Å²) < 4.78 is 25.3. The van der Waals surface area contributed by atoms with Gasteiger partial charge in [0.15, 0.2) is 5.43 Å². The fourth-order valence-electron chi connectivity index (χ4n) is 4.08. The highest BCUT2D eigenvalue weighted by molar-refractivity contribution is 6.29. The van der Waals surface area contributed by atoms with E-state index in [0.29, 0.717) is 22.2 Å². The highest BCUT2D eigenvalue weighted by Crippen LogP contribution is 2.34. The first-order valence-electron chi connectivity index (χ1n) is 10.9. The maximum Gasteiger partial charge on any atom is 0.439 e. The third kappa shape index (κ3) is 4.16. The normalized spacial score (nSPS) is 12.1. The fraction of sp³-hybridized carbons (Fsp3) is 0.160. The molecule has 182 valence electrons. The molecule has 5 rings (SSSR count). The minimum absolute atomic E-state index is 0.0975. The van der Waals surface area contributed by atoms with Crippen LogP contribution in [0.3, 0.4) is 0 Å². The van der Waals surface area contributed by atoms with E-state index < -0.39 is 17.7 Å². The van der Waals surface area contributed by atoms with Crippen molar-refractivity contribution in [2.75, 3.05) is 5.32 Å². The number of hydrogen-bond acceptors (Lipinski definition) is 8. The Morgan fingerprint density at radius 2 is 1.97 bits per heavy atom. The number of pyridine rings is 2. The molecule has 0 aliphatic heterocycles.